The number of thiazole rings is 1. The lowest BCUT2D eigenvalue weighted by atomic mass is 9.84. The number of halogens is 1. The van der Waals surface area contributed by atoms with Crippen LogP contribution < -0.4 is 4.78 Å². The Morgan fingerprint density at radius 1 is 1.05 bits per heavy atom. The van der Waals surface area contributed by atoms with Gasteiger partial charge in [-0.05, 0) is 52.0 Å². The van der Waals surface area contributed by atoms with E-state index in [-0.39, 0.29) is 17.0 Å². The molecule has 0 aliphatic carbocycles. The topological polar surface area (TPSA) is 31.4 Å². The number of hydrogen-bond acceptors (Lipinski definition) is 4. The second-order valence-corrected chi connectivity index (χ2v) is 7.05. The molecule has 0 bridgehead atoms. The van der Waals surface area contributed by atoms with Gasteiger partial charge in [0, 0.05) is 5.56 Å². The van der Waals surface area contributed by atoms with Crippen molar-refractivity contribution in [2.75, 3.05) is 0 Å². The number of benzene rings is 1. The van der Waals surface area contributed by atoms with Crippen LogP contribution in [-0.4, -0.2) is 23.3 Å². The molecule has 0 atom stereocenters. The van der Waals surface area contributed by atoms with Gasteiger partial charge >= 0.3 is 7.12 Å². The summed E-state index contributed by atoms with van der Waals surface area (Å²) < 4.78 is 26.1. The highest BCUT2D eigenvalue weighted by atomic mass is 32.1. The zero-order chi connectivity index (χ0) is 15.3. The van der Waals surface area contributed by atoms with Gasteiger partial charge in [0.1, 0.15) is 5.82 Å². The van der Waals surface area contributed by atoms with Gasteiger partial charge < -0.3 is 9.31 Å². The van der Waals surface area contributed by atoms with Crippen LogP contribution in [0.4, 0.5) is 4.39 Å². The van der Waals surface area contributed by atoms with E-state index in [0.717, 1.165) is 16.0 Å². The number of nitrogens with zero attached hydrogens (tertiary/aromatic N) is 1. The standard InChI is InChI=1S/C15H17BFNO2S/c1-14(2)15(3,4)20-16(19-14)13-12(18-9-21-13)10-5-7-11(17)8-6-10/h5-9H,1-4H3. The van der Waals surface area contributed by atoms with E-state index in [0.29, 0.717) is 0 Å². The maximum Gasteiger partial charge on any atom is 0.507 e. The first-order chi connectivity index (χ1) is 9.80. The molecule has 1 aromatic carbocycles. The molecule has 3 rings (SSSR count). The zero-order valence-electron chi connectivity index (χ0n) is 12.5. The summed E-state index contributed by atoms with van der Waals surface area (Å²) in [5.74, 6) is -0.258. The lowest BCUT2D eigenvalue weighted by Crippen LogP contribution is -2.41. The van der Waals surface area contributed by atoms with Gasteiger partial charge in [0.2, 0.25) is 0 Å². The Morgan fingerprint density at radius 3 is 2.19 bits per heavy atom. The molecule has 1 fully saturated rings. The fourth-order valence-electron chi connectivity index (χ4n) is 2.20. The molecule has 0 amide bonds. The zero-order valence-corrected chi connectivity index (χ0v) is 13.3. The van der Waals surface area contributed by atoms with Crippen molar-refractivity contribution < 1.29 is 13.7 Å². The molecular weight excluding hydrogens is 288 g/mol. The summed E-state index contributed by atoms with van der Waals surface area (Å²) in [7, 11) is -0.442. The summed E-state index contributed by atoms with van der Waals surface area (Å²) in [6.07, 6.45) is 0. The smallest absolute Gasteiger partial charge is 0.399 e. The molecule has 21 heavy (non-hydrogen) atoms. The third kappa shape index (κ3) is 2.52. The Bertz CT molecular complexity index is 638. The molecule has 6 heteroatoms. The van der Waals surface area contributed by atoms with Crippen LogP contribution in [0, 0.1) is 5.82 Å². The first kappa shape index (κ1) is 14.7. The first-order valence-corrected chi connectivity index (χ1v) is 7.73. The minimum Gasteiger partial charge on any atom is -0.399 e. The molecule has 1 aliphatic rings. The monoisotopic (exact) mass is 305 g/mol. The van der Waals surface area contributed by atoms with Crippen molar-refractivity contribution in [3.8, 4) is 11.3 Å². The average Bonchev–Trinajstić information content (AvgIpc) is 2.94. The molecule has 0 unspecified atom stereocenters. The summed E-state index contributed by atoms with van der Waals surface area (Å²) in [4.78, 5) is 4.39. The van der Waals surface area contributed by atoms with Crippen molar-refractivity contribution in [2.45, 2.75) is 38.9 Å². The van der Waals surface area contributed by atoms with Gasteiger partial charge in [0.05, 0.1) is 27.2 Å². The highest BCUT2D eigenvalue weighted by Gasteiger charge is 2.53. The van der Waals surface area contributed by atoms with E-state index in [4.69, 9.17) is 9.31 Å². The Kier molecular flexibility index (Phi) is 3.43. The lowest BCUT2D eigenvalue weighted by Gasteiger charge is -2.32. The maximum atomic E-state index is 13.1. The molecule has 0 radical (unpaired) electrons. The van der Waals surface area contributed by atoms with E-state index in [9.17, 15) is 4.39 Å². The van der Waals surface area contributed by atoms with Gasteiger partial charge in [0.25, 0.3) is 0 Å². The quantitative estimate of drug-likeness (QED) is 0.798. The van der Waals surface area contributed by atoms with Gasteiger partial charge in [-0.1, -0.05) is 0 Å². The van der Waals surface area contributed by atoms with Crippen molar-refractivity contribution in [3.05, 3.63) is 35.6 Å². The molecule has 0 spiro atoms. The predicted molar refractivity (Wildman–Crippen MR) is 83.2 cm³/mol. The highest BCUT2D eigenvalue weighted by Crippen LogP contribution is 2.37. The van der Waals surface area contributed by atoms with Crippen LogP contribution in [0.5, 0.6) is 0 Å². The number of rotatable bonds is 2. The maximum absolute atomic E-state index is 13.1. The van der Waals surface area contributed by atoms with Crippen molar-refractivity contribution >= 4 is 23.2 Å². The second kappa shape index (κ2) is 4.90. The van der Waals surface area contributed by atoms with E-state index in [2.05, 4.69) is 4.98 Å². The van der Waals surface area contributed by atoms with Crippen molar-refractivity contribution in [2.24, 2.45) is 0 Å². The highest BCUT2D eigenvalue weighted by molar-refractivity contribution is 7.21. The Morgan fingerprint density at radius 2 is 1.62 bits per heavy atom. The normalized spacial score (nSPS) is 20.0. The fourth-order valence-corrected chi connectivity index (χ4v) is 2.96. The van der Waals surface area contributed by atoms with Crippen LogP contribution in [0.15, 0.2) is 29.8 Å². The molecule has 1 aromatic heterocycles. The average molecular weight is 305 g/mol. The summed E-state index contributed by atoms with van der Waals surface area (Å²) in [6.45, 7) is 8.08. The van der Waals surface area contributed by atoms with Crippen molar-refractivity contribution in [1.29, 1.82) is 0 Å². The van der Waals surface area contributed by atoms with Gasteiger partial charge in [-0.25, -0.2) is 9.37 Å². The van der Waals surface area contributed by atoms with Crippen LogP contribution in [-0.2, 0) is 9.31 Å². The van der Waals surface area contributed by atoms with Crippen molar-refractivity contribution in [1.82, 2.24) is 4.98 Å². The molecule has 0 N–H and O–H groups in total. The van der Waals surface area contributed by atoms with E-state index in [1.807, 2.05) is 27.7 Å². The van der Waals surface area contributed by atoms with Crippen LogP contribution >= 0.6 is 11.3 Å². The minimum absolute atomic E-state index is 0.258. The minimum atomic E-state index is -0.442. The van der Waals surface area contributed by atoms with E-state index in [1.165, 1.54) is 23.5 Å². The van der Waals surface area contributed by atoms with E-state index >= 15 is 0 Å². The Labute approximate surface area is 128 Å². The second-order valence-electron chi connectivity index (χ2n) is 6.16. The van der Waals surface area contributed by atoms with Crippen molar-refractivity contribution in [3.63, 3.8) is 0 Å². The summed E-state index contributed by atoms with van der Waals surface area (Å²) >= 11 is 1.49. The van der Waals surface area contributed by atoms with Gasteiger partial charge in [-0.3, -0.25) is 0 Å². The summed E-state index contributed by atoms with van der Waals surface area (Å²) in [5.41, 5.74) is 2.64. The van der Waals surface area contributed by atoms with Gasteiger partial charge in [0.15, 0.2) is 0 Å². The molecule has 2 heterocycles. The van der Waals surface area contributed by atoms with Crippen LogP contribution in [0.1, 0.15) is 27.7 Å². The molecule has 2 aromatic rings. The first-order valence-electron chi connectivity index (χ1n) is 6.85. The molecule has 3 nitrogen and oxygen atoms in total. The third-order valence-electron chi connectivity index (χ3n) is 4.18. The van der Waals surface area contributed by atoms with E-state index < -0.39 is 7.12 Å². The molecule has 110 valence electrons. The van der Waals surface area contributed by atoms with E-state index in [1.54, 1.807) is 17.6 Å². The lowest BCUT2D eigenvalue weighted by molar-refractivity contribution is 0.00578. The Hall–Kier alpha value is -1.24. The number of hydrogen-bond donors (Lipinski definition) is 0. The molecule has 1 saturated heterocycles. The summed E-state index contributed by atoms with van der Waals surface area (Å²) in [6, 6.07) is 6.31. The van der Waals surface area contributed by atoms with Crippen LogP contribution in [0.25, 0.3) is 11.3 Å². The summed E-state index contributed by atoms with van der Waals surface area (Å²) in [5, 5.41) is 0. The molecular formula is C15H17BFNO2S. The number of aromatic nitrogens is 1. The fraction of sp³-hybridized carbons (Fsp3) is 0.400. The Balaban J connectivity index is 1.96. The van der Waals surface area contributed by atoms with Gasteiger partial charge in [-0.15, -0.1) is 11.3 Å². The van der Waals surface area contributed by atoms with Gasteiger partial charge in [-0.2, -0.15) is 0 Å². The third-order valence-corrected chi connectivity index (χ3v) is 5.03. The molecule has 1 aliphatic heterocycles. The predicted octanol–water partition coefficient (Wildman–Crippen LogP) is 3.25. The SMILES string of the molecule is CC1(C)OB(c2scnc2-c2ccc(F)cc2)OC1(C)C. The molecule has 0 saturated carbocycles. The largest absolute Gasteiger partial charge is 0.507 e. The van der Waals surface area contributed by atoms with Crippen LogP contribution in [0.2, 0.25) is 0 Å². The van der Waals surface area contributed by atoms with Crippen LogP contribution in [0.3, 0.4) is 0 Å².